The van der Waals surface area contributed by atoms with Crippen molar-refractivity contribution in [1.29, 1.82) is 0 Å². The summed E-state index contributed by atoms with van der Waals surface area (Å²) in [4.78, 5) is 15.6. The normalized spacial score (nSPS) is 10.4. The molecule has 0 amide bonds. The fourth-order valence-corrected chi connectivity index (χ4v) is 2.30. The molecule has 8 heteroatoms. The van der Waals surface area contributed by atoms with E-state index in [4.69, 9.17) is 55.9 Å². The Morgan fingerprint density at radius 3 is 2.50 bits per heavy atom. The Hall–Kier alpha value is -1.20. The van der Waals surface area contributed by atoms with E-state index in [-0.39, 0.29) is 29.1 Å². The summed E-state index contributed by atoms with van der Waals surface area (Å²) in [6.07, 6.45) is 0. The van der Waals surface area contributed by atoms with E-state index in [0.717, 1.165) is 0 Å². The van der Waals surface area contributed by atoms with E-state index >= 15 is 0 Å². The smallest absolute Gasteiger partial charge is 0.358 e. The van der Waals surface area contributed by atoms with Gasteiger partial charge in [-0.05, 0) is 30.3 Å². The molecule has 1 aromatic carbocycles. The van der Waals surface area contributed by atoms with Crippen molar-refractivity contribution in [2.24, 2.45) is 0 Å². The van der Waals surface area contributed by atoms with Crippen molar-refractivity contribution < 1.29 is 14.3 Å². The summed E-state index contributed by atoms with van der Waals surface area (Å²) < 4.78 is 10.4. The zero-order valence-corrected chi connectivity index (χ0v) is 14.0. The highest BCUT2D eigenvalue weighted by molar-refractivity contribution is 6.35. The number of rotatable bonds is 5. The number of halogens is 4. The molecular formula is C14H9Cl4NO3. The minimum Gasteiger partial charge on any atom is -0.488 e. The standard InChI is InChI=1S/C14H9Cl4NO3/c15-8-1-3-11(10(17)7-8)21-5-6-22-14(20)13-9(16)2-4-12(18)19-13/h1-4,7H,5-6H2. The number of aromatic nitrogens is 1. The number of esters is 1. The molecule has 0 fully saturated rings. The first-order chi connectivity index (χ1) is 10.5. The number of benzene rings is 1. The van der Waals surface area contributed by atoms with Crippen molar-refractivity contribution in [2.75, 3.05) is 13.2 Å². The average molecular weight is 381 g/mol. The van der Waals surface area contributed by atoms with Gasteiger partial charge in [0.25, 0.3) is 0 Å². The van der Waals surface area contributed by atoms with Crippen LogP contribution in [0.25, 0.3) is 0 Å². The second-order valence-electron chi connectivity index (χ2n) is 4.02. The van der Waals surface area contributed by atoms with Gasteiger partial charge >= 0.3 is 5.97 Å². The second kappa shape index (κ2) is 7.88. The molecule has 1 aromatic heterocycles. The lowest BCUT2D eigenvalue weighted by atomic mass is 10.3. The zero-order chi connectivity index (χ0) is 16.1. The van der Waals surface area contributed by atoms with Crippen molar-refractivity contribution in [3.05, 3.63) is 56.2 Å². The molecule has 22 heavy (non-hydrogen) atoms. The van der Waals surface area contributed by atoms with Crippen LogP contribution in [0.3, 0.4) is 0 Å². The SMILES string of the molecule is O=C(OCCOc1ccc(Cl)cc1Cl)c1nc(Cl)ccc1Cl. The monoisotopic (exact) mass is 379 g/mol. The number of pyridine rings is 1. The maximum Gasteiger partial charge on any atom is 0.358 e. The molecule has 0 aliphatic heterocycles. The molecule has 2 aromatic rings. The van der Waals surface area contributed by atoms with Crippen LogP contribution in [0, 0.1) is 0 Å². The number of ether oxygens (including phenoxy) is 2. The molecule has 2 rings (SSSR count). The summed E-state index contributed by atoms with van der Waals surface area (Å²) in [7, 11) is 0. The summed E-state index contributed by atoms with van der Waals surface area (Å²) in [6.45, 7) is 0.119. The molecule has 0 saturated heterocycles. The predicted octanol–water partition coefficient (Wildman–Crippen LogP) is 4.93. The number of carbonyl (C=O) groups excluding carboxylic acids is 1. The second-order valence-corrected chi connectivity index (χ2v) is 5.66. The molecule has 0 radical (unpaired) electrons. The highest BCUT2D eigenvalue weighted by Crippen LogP contribution is 2.27. The lowest BCUT2D eigenvalue weighted by Gasteiger charge is -2.09. The Balaban J connectivity index is 1.86. The summed E-state index contributed by atoms with van der Waals surface area (Å²) in [5, 5.41) is 1.19. The molecule has 0 aliphatic carbocycles. The van der Waals surface area contributed by atoms with Gasteiger partial charge in [-0.25, -0.2) is 9.78 Å². The van der Waals surface area contributed by atoms with Gasteiger partial charge in [0.2, 0.25) is 0 Å². The molecule has 0 N–H and O–H groups in total. The van der Waals surface area contributed by atoms with Crippen molar-refractivity contribution in [3.63, 3.8) is 0 Å². The highest BCUT2D eigenvalue weighted by Gasteiger charge is 2.14. The average Bonchev–Trinajstić information content (AvgIpc) is 2.47. The number of nitrogens with zero attached hydrogens (tertiary/aromatic N) is 1. The minimum absolute atomic E-state index is 0.00229. The minimum atomic E-state index is -0.682. The van der Waals surface area contributed by atoms with Crippen LogP contribution in [-0.2, 0) is 4.74 Å². The third-order valence-electron chi connectivity index (χ3n) is 2.47. The third-order valence-corrected chi connectivity index (χ3v) is 3.52. The van der Waals surface area contributed by atoms with Crippen molar-refractivity contribution >= 4 is 52.4 Å². The van der Waals surface area contributed by atoms with Crippen LogP contribution in [0.5, 0.6) is 5.75 Å². The number of hydrogen-bond acceptors (Lipinski definition) is 4. The molecule has 4 nitrogen and oxygen atoms in total. The molecule has 0 bridgehead atoms. The van der Waals surface area contributed by atoms with Gasteiger partial charge in [-0.1, -0.05) is 46.4 Å². The van der Waals surface area contributed by atoms with Gasteiger partial charge in [0.1, 0.15) is 24.1 Å². The molecule has 0 aliphatic rings. The van der Waals surface area contributed by atoms with E-state index in [1.807, 2.05) is 0 Å². The highest BCUT2D eigenvalue weighted by atomic mass is 35.5. The summed E-state index contributed by atoms with van der Waals surface area (Å²) in [6, 6.07) is 7.77. The molecule has 0 spiro atoms. The predicted molar refractivity (Wildman–Crippen MR) is 86.5 cm³/mol. The van der Waals surface area contributed by atoms with Gasteiger partial charge in [-0.3, -0.25) is 0 Å². The Kier molecular flexibility index (Phi) is 6.15. The van der Waals surface area contributed by atoms with Crippen LogP contribution in [0.15, 0.2) is 30.3 Å². The van der Waals surface area contributed by atoms with Gasteiger partial charge in [0, 0.05) is 5.02 Å². The molecule has 0 unspecified atom stereocenters. The van der Waals surface area contributed by atoms with Gasteiger partial charge in [-0.15, -0.1) is 0 Å². The van der Waals surface area contributed by atoms with Crippen LogP contribution in [0.4, 0.5) is 0 Å². The largest absolute Gasteiger partial charge is 0.488 e. The van der Waals surface area contributed by atoms with Crippen molar-refractivity contribution in [3.8, 4) is 5.75 Å². The van der Waals surface area contributed by atoms with Gasteiger partial charge in [0.05, 0.1) is 10.0 Å². The maximum absolute atomic E-state index is 11.8. The Labute approximate surface area is 146 Å². The van der Waals surface area contributed by atoms with E-state index in [2.05, 4.69) is 4.98 Å². The lowest BCUT2D eigenvalue weighted by molar-refractivity contribution is 0.0444. The topological polar surface area (TPSA) is 48.4 Å². The first kappa shape index (κ1) is 17.2. The van der Waals surface area contributed by atoms with Crippen LogP contribution < -0.4 is 4.74 Å². The van der Waals surface area contributed by atoms with Crippen LogP contribution in [0.1, 0.15) is 10.5 Å². The molecule has 0 atom stereocenters. The Morgan fingerprint density at radius 1 is 1.00 bits per heavy atom. The maximum atomic E-state index is 11.8. The Morgan fingerprint density at radius 2 is 1.77 bits per heavy atom. The van der Waals surface area contributed by atoms with Gasteiger partial charge in [-0.2, -0.15) is 0 Å². The first-order valence-corrected chi connectivity index (χ1v) is 7.55. The van der Waals surface area contributed by atoms with Crippen LogP contribution in [0.2, 0.25) is 20.2 Å². The summed E-state index contributed by atoms with van der Waals surface area (Å²) >= 11 is 23.3. The quantitative estimate of drug-likeness (QED) is 0.419. The van der Waals surface area contributed by atoms with Crippen molar-refractivity contribution in [2.45, 2.75) is 0 Å². The molecule has 0 saturated carbocycles. The number of carbonyl (C=O) groups is 1. The Bertz CT molecular complexity index is 694. The molecular weight excluding hydrogens is 372 g/mol. The zero-order valence-electron chi connectivity index (χ0n) is 11.0. The van der Waals surface area contributed by atoms with E-state index in [1.54, 1.807) is 18.2 Å². The third kappa shape index (κ3) is 4.65. The number of hydrogen-bond donors (Lipinski definition) is 0. The lowest BCUT2D eigenvalue weighted by Crippen LogP contribution is -2.14. The summed E-state index contributed by atoms with van der Waals surface area (Å²) in [5.41, 5.74) is -0.0429. The van der Waals surface area contributed by atoms with E-state index in [0.29, 0.717) is 15.8 Å². The summed E-state index contributed by atoms with van der Waals surface area (Å²) in [5.74, 6) is -0.237. The molecule has 116 valence electrons. The van der Waals surface area contributed by atoms with E-state index in [1.165, 1.54) is 12.1 Å². The van der Waals surface area contributed by atoms with E-state index < -0.39 is 5.97 Å². The molecule has 1 heterocycles. The fourth-order valence-electron chi connectivity index (χ4n) is 1.51. The van der Waals surface area contributed by atoms with Gasteiger partial charge in [0.15, 0.2) is 5.69 Å². The fraction of sp³-hybridized carbons (Fsp3) is 0.143. The van der Waals surface area contributed by atoms with Crippen LogP contribution >= 0.6 is 46.4 Å². The van der Waals surface area contributed by atoms with Crippen LogP contribution in [-0.4, -0.2) is 24.2 Å². The van der Waals surface area contributed by atoms with Gasteiger partial charge < -0.3 is 9.47 Å². The van der Waals surface area contributed by atoms with Crippen molar-refractivity contribution in [1.82, 2.24) is 4.98 Å². The van der Waals surface area contributed by atoms with E-state index in [9.17, 15) is 4.79 Å². The first-order valence-electron chi connectivity index (χ1n) is 6.04.